The summed E-state index contributed by atoms with van der Waals surface area (Å²) in [6.45, 7) is 1.89. The number of thioether (sulfide) groups is 1. The number of hydrogen-bond donors (Lipinski definition) is 0. The standard InChI is InChI=1S/C18H18N4OS/c1-14-20-21-18(24-13-15-8-4-3-5-9-15)22(14)19-12-16-10-6-7-11-17(16)23-2/h3-12H,13H2,1-2H3/b19-12-. The number of rotatable bonds is 6. The summed E-state index contributed by atoms with van der Waals surface area (Å²) in [5, 5.41) is 13.6. The fourth-order valence-corrected chi connectivity index (χ4v) is 3.06. The molecule has 0 spiro atoms. The number of aryl methyl sites for hydroxylation is 1. The van der Waals surface area contributed by atoms with Crippen molar-refractivity contribution in [3.8, 4) is 5.75 Å². The molecule has 1 heterocycles. The predicted molar refractivity (Wildman–Crippen MR) is 96.7 cm³/mol. The van der Waals surface area contributed by atoms with Crippen LogP contribution in [-0.2, 0) is 5.75 Å². The zero-order valence-electron chi connectivity index (χ0n) is 13.6. The third-order valence-electron chi connectivity index (χ3n) is 3.43. The summed E-state index contributed by atoms with van der Waals surface area (Å²) in [7, 11) is 1.65. The van der Waals surface area contributed by atoms with Crippen LogP contribution in [0.25, 0.3) is 0 Å². The second kappa shape index (κ2) is 7.79. The Morgan fingerprint density at radius 3 is 2.62 bits per heavy atom. The zero-order chi connectivity index (χ0) is 16.8. The average molecular weight is 338 g/mol. The maximum atomic E-state index is 5.34. The Morgan fingerprint density at radius 1 is 1.08 bits per heavy atom. The fourth-order valence-electron chi connectivity index (χ4n) is 2.18. The Morgan fingerprint density at radius 2 is 1.83 bits per heavy atom. The van der Waals surface area contributed by atoms with Gasteiger partial charge in [-0.05, 0) is 24.6 Å². The molecular weight excluding hydrogens is 320 g/mol. The molecule has 0 fully saturated rings. The van der Waals surface area contributed by atoms with E-state index in [0.29, 0.717) is 0 Å². The molecule has 3 aromatic rings. The molecule has 24 heavy (non-hydrogen) atoms. The molecular formula is C18H18N4OS. The fraction of sp³-hybridized carbons (Fsp3) is 0.167. The van der Waals surface area contributed by atoms with E-state index in [4.69, 9.17) is 4.74 Å². The van der Waals surface area contributed by atoms with Crippen LogP contribution in [0.1, 0.15) is 17.0 Å². The van der Waals surface area contributed by atoms with Crippen LogP contribution in [0.5, 0.6) is 5.75 Å². The predicted octanol–water partition coefficient (Wildman–Crippen LogP) is 3.77. The van der Waals surface area contributed by atoms with Crippen molar-refractivity contribution in [1.29, 1.82) is 0 Å². The van der Waals surface area contributed by atoms with Crippen molar-refractivity contribution in [1.82, 2.24) is 14.9 Å². The number of nitrogens with zero attached hydrogens (tertiary/aromatic N) is 4. The van der Waals surface area contributed by atoms with Gasteiger partial charge in [-0.2, -0.15) is 9.78 Å². The van der Waals surface area contributed by atoms with E-state index in [1.807, 2.05) is 49.4 Å². The zero-order valence-corrected chi connectivity index (χ0v) is 14.4. The van der Waals surface area contributed by atoms with E-state index in [1.165, 1.54) is 5.56 Å². The maximum absolute atomic E-state index is 5.34. The Labute approximate surface area is 145 Å². The number of ether oxygens (including phenoxy) is 1. The van der Waals surface area contributed by atoms with Crippen LogP contribution in [0.4, 0.5) is 0 Å². The molecule has 0 aliphatic heterocycles. The van der Waals surface area contributed by atoms with Crippen molar-refractivity contribution in [3.63, 3.8) is 0 Å². The topological polar surface area (TPSA) is 52.3 Å². The molecule has 0 aliphatic carbocycles. The van der Waals surface area contributed by atoms with E-state index in [-0.39, 0.29) is 0 Å². The smallest absolute Gasteiger partial charge is 0.212 e. The normalized spacial score (nSPS) is 11.1. The number of hydrogen-bond acceptors (Lipinski definition) is 5. The maximum Gasteiger partial charge on any atom is 0.212 e. The van der Waals surface area contributed by atoms with Gasteiger partial charge in [-0.3, -0.25) is 0 Å². The van der Waals surface area contributed by atoms with E-state index in [1.54, 1.807) is 29.8 Å². The molecule has 122 valence electrons. The third kappa shape index (κ3) is 3.83. The Hall–Kier alpha value is -2.60. The lowest BCUT2D eigenvalue weighted by atomic mass is 10.2. The molecule has 5 nitrogen and oxygen atoms in total. The van der Waals surface area contributed by atoms with Gasteiger partial charge in [0.25, 0.3) is 0 Å². The van der Waals surface area contributed by atoms with Crippen LogP contribution in [0.15, 0.2) is 64.9 Å². The third-order valence-corrected chi connectivity index (χ3v) is 4.42. The number of benzene rings is 2. The van der Waals surface area contributed by atoms with E-state index < -0.39 is 0 Å². The SMILES string of the molecule is COc1ccccc1/C=N\n1c(C)nnc1SCc1ccccc1. The van der Waals surface area contributed by atoms with Gasteiger partial charge < -0.3 is 4.74 Å². The van der Waals surface area contributed by atoms with E-state index in [9.17, 15) is 0 Å². The summed E-state index contributed by atoms with van der Waals surface area (Å²) in [6.07, 6.45) is 1.77. The second-order valence-electron chi connectivity index (χ2n) is 5.10. The molecule has 0 aliphatic rings. The minimum atomic E-state index is 0.747. The van der Waals surface area contributed by atoms with E-state index >= 15 is 0 Å². The Balaban J connectivity index is 1.78. The van der Waals surface area contributed by atoms with Crippen LogP contribution in [0.3, 0.4) is 0 Å². The molecule has 2 aromatic carbocycles. The summed E-state index contributed by atoms with van der Waals surface area (Å²) < 4.78 is 7.09. The van der Waals surface area contributed by atoms with Crippen molar-refractivity contribution in [3.05, 3.63) is 71.5 Å². The molecule has 0 atom stereocenters. The lowest BCUT2D eigenvalue weighted by molar-refractivity contribution is 0.414. The van der Waals surface area contributed by atoms with E-state index in [2.05, 4.69) is 27.4 Å². The molecule has 1 aromatic heterocycles. The summed E-state index contributed by atoms with van der Waals surface area (Å²) in [6, 6.07) is 18.0. The van der Waals surface area contributed by atoms with Gasteiger partial charge in [0.1, 0.15) is 5.75 Å². The summed E-state index contributed by atoms with van der Waals surface area (Å²) in [4.78, 5) is 0. The molecule has 0 unspecified atom stereocenters. The van der Waals surface area contributed by atoms with Gasteiger partial charge in [-0.15, -0.1) is 10.2 Å². The van der Waals surface area contributed by atoms with Gasteiger partial charge in [-0.25, -0.2) is 0 Å². The molecule has 0 N–H and O–H groups in total. The van der Waals surface area contributed by atoms with Gasteiger partial charge in [0.15, 0.2) is 5.82 Å². The number of aromatic nitrogens is 3. The van der Waals surface area contributed by atoms with Gasteiger partial charge in [-0.1, -0.05) is 54.2 Å². The molecule has 0 bridgehead atoms. The molecule has 0 saturated carbocycles. The van der Waals surface area contributed by atoms with E-state index in [0.717, 1.165) is 28.0 Å². The lowest BCUT2D eigenvalue weighted by Crippen LogP contribution is -1.97. The number of para-hydroxylation sites is 1. The first-order valence-electron chi connectivity index (χ1n) is 7.54. The van der Waals surface area contributed by atoms with Crippen molar-refractivity contribution < 1.29 is 4.74 Å². The highest BCUT2D eigenvalue weighted by Crippen LogP contribution is 2.22. The van der Waals surface area contributed by atoms with Gasteiger partial charge >= 0.3 is 0 Å². The molecule has 0 radical (unpaired) electrons. The molecule has 3 rings (SSSR count). The van der Waals surface area contributed by atoms with Crippen molar-refractivity contribution >= 4 is 18.0 Å². The lowest BCUT2D eigenvalue weighted by Gasteiger charge is -2.05. The minimum absolute atomic E-state index is 0.747. The highest BCUT2D eigenvalue weighted by Gasteiger charge is 2.09. The van der Waals surface area contributed by atoms with Crippen molar-refractivity contribution in [2.45, 2.75) is 17.8 Å². The second-order valence-corrected chi connectivity index (χ2v) is 6.04. The summed E-state index contributed by atoms with van der Waals surface area (Å²) in [5.74, 6) is 2.35. The van der Waals surface area contributed by atoms with Crippen LogP contribution in [-0.4, -0.2) is 28.2 Å². The summed E-state index contributed by atoms with van der Waals surface area (Å²) in [5.41, 5.74) is 2.15. The average Bonchev–Trinajstić information content (AvgIpc) is 2.99. The van der Waals surface area contributed by atoms with Crippen LogP contribution < -0.4 is 4.74 Å². The van der Waals surface area contributed by atoms with Crippen molar-refractivity contribution in [2.24, 2.45) is 5.10 Å². The van der Waals surface area contributed by atoms with Gasteiger partial charge in [0.05, 0.1) is 13.3 Å². The van der Waals surface area contributed by atoms with Gasteiger partial charge in [0.2, 0.25) is 5.16 Å². The Kier molecular flexibility index (Phi) is 5.28. The number of methoxy groups -OCH3 is 1. The summed E-state index contributed by atoms with van der Waals surface area (Å²) >= 11 is 1.61. The first-order valence-corrected chi connectivity index (χ1v) is 8.52. The van der Waals surface area contributed by atoms with Crippen LogP contribution in [0.2, 0.25) is 0 Å². The molecule has 0 saturated heterocycles. The van der Waals surface area contributed by atoms with Crippen LogP contribution >= 0.6 is 11.8 Å². The quantitative estimate of drug-likeness (QED) is 0.507. The first-order chi connectivity index (χ1) is 11.8. The van der Waals surface area contributed by atoms with Crippen LogP contribution in [0, 0.1) is 6.92 Å². The first kappa shape index (κ1) is 16.3. The largest absolute Gasteiger partial charge is 0.496 e. The highest BCUT2D eigenvalue weighted by atomic mass is 32.2. The van der Waals surface area contributed by atoms with Crippen molar-refractivity contribution in [2.75, 3.05) is 7.11 Å². The highest BCUT2D eigenvalue weighted by molar-refractivity contribution is 7.98. The Bertz CT molecular complexity index is 830. The molecule has 6 heteroatoms. The van der Waals surface area contributed by atoms with Gasteiger partial charge in [0, 0.05) is 11.3 Å². The monoisotopic (exact) mass is 338 g/mol. The molecule has 0 amide bonds. The minimum Gasteiger partial charge on any atom is -0.496 e.